The minimum atomic E-state index is -1.17. The third-order valence-corrected chi connectivity index (χ3v) is 13.4. The van der Waals surface area contributed by atoms with Gasteiger partial charge >= 0.3 is 0 Å². The normalized spacial score (nSPS) is 20.8. The molecule has 2 saturated heterocycles. The van der Waals surface area contributed by atoms with Crippen molar-refractivity contribution in [2.75, 3.05) is 31.2 Å². The van der Waals surface area contributed by atoms with Crippen LogP contribution in [0.5, 0.6) is 0 Å². The Hall–Kier alpha value is -2.26. The van der Waals surface area contributed by atoms with E-state index in [-0.39, 0.29) is 21.8 Å². The van der Waals surface area contributed by atoms with E-state index in [1.54, 1.807) is 28.4 Å². The van der Waals surface area contributed by atoms with Gasteiger partial charge < -0.3 is 14.2 Å². The Kier molecular flexibility index (Phi) is 9.11. The number of aromatic nitrogens is 5. The smallest absolute Gasteiger partial charge is 0.262 e. The van der Waals surface area contributed by atoms with E-state index in [2.05, 4.69) is 19.6 Å². The molecule has 0 saturated carbocycles. The van der Waals surface area contributed by atoms with Crippen molar-refractivity contribution in [3.63, 3.8) is 0 Å². The second-order valence-corrected chi connectivity index (χ2v) is 17.8. The third kappa shape index (κ3) is 6.31. The van der Waals surface area contributed by atoms with Crippen LogP contribution in [0.1, 0.15) is 63.1 Å². The van der Waals surface area contributed by atoms with E-state index in [1.807, 2.05) is 44.6 Å². The monoisotopic (exact) mass is 699 g/mol. The standard InChI is InChI=1S/C32H38ClN7O3S3/c1-31(2,3)46(42)38-29-28-22(37-19-44-28)14-32(29)8-10-39(11-9-32)24-15-35-25(16-34-24)45-23-5-4-21-26(27(23)33)30(41)40(18-36-21)17-20-6-12-43-13-7-20/h4-5,15-16,18-20,29,38H,6-14,17H2,1-3H3/t29-,46-/m0/s1. The van der Waals surface area contributed by atoms with Crippen molar-refractivity contribution in [2.24, 2.45) is 11.3 Å². The molecule has 2 aliphatic heterocycles. The maximum Gasteiger partial charge on any atom is 0.262 e. The highest BCUT2D eigenvalue weighted by Crippen LogP contribution is 2.53. The summed E-state index contributed by atoms with van der Waals surface area (Å²) in [5, 5.41) is 1.53. The lowest BCUT2D eigenvalue weighted by Crippen LogP contribution is -2.49. The van der Waals surface area contributed by atoms with Gasteiger partial charge in [0.1, 0.15) is 15.6 Å². The summed E-state index contributed by atoms with van der Waals surface area (Å²) in [7, 11) is 0. The Balaban J connectivity index is 1.03. The SMILES string of the molecule is CC(C)(C)[S@+]([O-])N[C@H]1c2scnc2CC12CCN(c1cnc(Sc3ccc4ncn(CC5CCOCC5)c(=O)c4c3Cl)cn1)CC2. The summed E-state index contributed by atoms with van der Waals surface area (Å²) in [5.41, 5.74) is 3.50. The van der Waals surface area contributed by atoms with Crippen LogP contribution in [-0.2, 0) is 29.1 Å². The van der Waals surface area contributed by atoms with Gasteiger partial charge in [-0.05, 0) is 70.9 Å². The lowest BCUT2D eigenvalue weighted by molar-refractivity contribution is 0.0609. The molecular weight excluding hydrogens is 662 g/mol. The Labute approximate surface area is 285 Å². The van der Waals surface area contributed by atoms with Gasteiger partial charge in [0.25, 0.3) is 5.56 Å². The first-order valence-electron chi connectivity index (χ1n) is 15.7. The molecule has 4 aromatic rings. The quantitative estimate of drug-likeness (QED) is 0.237. The van der Waals surface area contributed by atoms with E-state index < -0.39 is 11.4 Å². The number of thiazole rings is 1. The van der Waals surface area contributed by atoms with Gasteiger partial charge in [0.2, 0.25) is 0 Å². The van der Waals surface area contributed by atoms with Gasteiger partial charge in [0, 0.05) is 59.4 Å². The summed E-state index contributed by atoms with van der Waals surface area (Å²) in [6, 6.07) is 3.76. The van der Waals surface area contributed by atoms with E-state index in [0.29, 0.717) is 33.4 Å². The number of nitrogens with one attached hydrogen (secondary N) is 1. The molecule has 244 valence electrons. The van der Waals surface area contributed by atoms with Gasteiger partial charge in [0.05, 0.1) is 51.9 Å². The molecule has 1 aromatic carbocycles. The fourth-order valence-corrected chi connectivity index (χ4v) is 9.84. The fourth-order valence-electron chi connectivity index (χ4n) is 6.71. The second kappa shape index (κ2) is 13.0. The molecule has 7 rings (SSSR count). The average molecular weight is 700 g/mol. The van der Waals surface area contributed by atoms with Gasteiger partial charge in [-0.25, -0.2) is 19.9 Å². The summed E-state index contributed by atoms with van der Waals surface area (Å²) in [4.78, 5) is 36.4. The first-order chi connectivity index (χ1) is 22.1. The Morgan fingerprint density at radius 2 is 1.93 bits per heavy atom. The van der Waals surface area contributed by atoms with Gasteiger partial charge in [0.15, 0.2) is 0 Å². The molecule has 5 heterocycles. The van der Waals surface area contributed by atoms with E-state index >= 15 is 0 Å². The van der Waals surface area contributed by atoms with E-state index in [9.17, 15) is 9.35 Å². The minimum absolute atomic E-state index is 0.0128. The zero-order valence-corrected chi connectivity index (χ0v) is 29.4. The Morgan fingerprint density at radius 3 is 2.65 bits per heavy atom. The van der Waals surface area contributed by atoms with Gasteiger partial charge in [-0.2, -0.15) is 0 Å². The van der Waals surface area contributed by atoms with Crippen LogP contribution in [0.2, 0.25) is 5.02 Å². The molecule has 10 nitrogen and oxygen atoms in total. The molecule has 3 aromatic heterocycles. The first kappa shape index (κ1) is 32.3. The minimum Gasteiger partial charge on any atom is -0.598 e. The van der Waals surface area contributed by atoms with E-state index in [0.717, 1.165) is 74.8 Å². The third-order valence-electron chi connectivity index (χ3n) is 9.45. The van der Waals surface area contributed by atoms with Crippen LogP contribution in [0.15, 0.2) is 51.1 Å². The molecule has 2 atom stereocenters. The largest absolute Gasteiger partial charge is 0.598 e. The Bertz CT molecular complexity index is 1760. The topological polar surface area (TPSA) is 121 Å². The summed E-state index contributed by atoms with van der Waals surface area (Å²) in [6.45, 7) is 9.75. The maximum absolute atomic E-state index is 13.4. The van der Waals surface area contributed by atoms with Gasteiger partial charge in [-0.1, -0.05) is 23.4 Å². The molecule has 0 radical (unpaired) electrons. The van der Waals surface area contributed by atoms with E-state index in [4.69, 9.17) is 26.3 Å². The van der Waals surface area contributed by atoms with Crippen LogP contribution in [0.3, 0.4) is 0 Å². The molecule has 46 heavy (non-hydrogen) atoms. The van der Waals surface area contributed by atoms with E-state index in [1.165, 1.54) is 16.6 Å². The number of halogens is 1. The summed E-state index contributed by atoms with van der Waals surface area (Å²) >= 11 is 8.73. The maximum atomic E-state index is 13.4. The number of anilines is 1. The summed E-state index contributed by atoms with van der Waals surface area (Å²) in [6.07, 6.45) is 9.88. The van der Waals surface area contributed by atoms with Crippen molar-refractivity contribution >= 4 is 62.8 Å². The number of piperidine rings is 1. The molecule has 0 amide bonds. The predicted octanol–water partition coefficient (Wildman–Crippen LogP) is 5.81. The van der Waals surface area contributed by atoms with Crippen LogP contribution in [0.25, 0.3) is 10.9 Å². The highest BCUT2D eigenvalue weighted by molar-refractivity contribution is 7.99. The van der Waals surface area contributed by atoms with Crippen molar-refractivity contribution in [1.29, 1.82) is 0 Å². The number of hydrogen-bond acceptors (Lipinski definition) is 11. The van der Waals surface area contributed by atoms with Crippen LogP contribution < -0.4 is 15.2 Å². The summed E-state index contributed by atoms with van der Waals surface area (Å²) < 4.78 is 23.4. The second-order valence-electron chi connectivity index (χ2n) is 13.5. The van der Waals surface area contributed by atoms with Crippen molar-refractivity contribution in [3.8, 4) is 0 Å². The van der Waals surface area contributed by atoms with Crippen molar-refractivity contribution in [1.82, 2.24) is 29.2 Å². The lowest BCUT2D eigenvalue weighted by Gasteiger charge is -2.43. The highest BCUT2D eigenvalue weighted by Gasteiger charge is 2.52. The molecule has 1 N–H and O–H groups in total. The van der Waals surface area contributed by atoms with Gasteiger partial charge in [-0.3, -0.25) is 9.36 Å². The number of rotatable bonds is 7. The number of ether oxygens (including phenoxy) is 1. The fraction of sp³-hybridized carbons (Fsp3) is 0.531. The Morgan fingerprint density at radius 1 is 1.15 bits per heavy atom. The van der Waals surface area contributed by atoms with Crippen LogP contribution in [0.4, 0.5) is 5.82 Å². The molecule has 1 aliphatic carbocycles. The lowest BCUT2D eigenvalue weighted by atomic mass is 9.74. The molecule has 3 aliphatic rings. The number of fused-ring (bicyclic) bond motifs is 2. The number of nitrogens with zero attached hydrogens (tertiary/aromatic N) is 6. The number of benzene rings is 1. The van der Waals surface area contributed by atoms with Crippen LogP contribution >= 0.6 is 34.7 Å². The molecule has 2 fully saturated rings. The number of hydrogen-bond donors (Lipinski definition) is 1. The van der Waals surface area contributed by atoms with Crippen LogP contribution in [0, 0.1) is 11.3 Å². The molecule has 0 unspecified atom stereocenters. The molecule has 14 heteroatoms. The summed E-state index contributed by atoms with van der Waals surface area (Å²) in [5.74, 6) is 1.22. The van der Waals surface area contributed by atoms with Crippen molar-refractivity contribution < 1.29 is 9.29 Å². The first-order valence-corrected chi connectivity index (χ1v) is 18.9. The van der Waals surface area contributed by atoms with Gasteiger partial charge in [-0.15, -0.1) is 16.1 Å². The zero-order valence-electron chi connectivity index (χ0n) is 26.2. The predicted molar refractivity (Wildman–Crippen MR) is 184 cm³/mol. The molecule has 0 bridgehead atoms. The zero-order chi connectivity index (χ0) is 32.1. The van der Waals surface area contributed by atoms with Crippen molar-refractivity contribution in [3.05, 3.63) is 62.3 Å². The van der Waals surface area contributed by atoms with Crippen LogP contribution in [-0.4, -0.2) is 60.1 Å². The molecular formula is C32H38ClN7O3S3. The molecule has 1 spiro atoms. The van der Waals surface area contributed by atoms with Crippen molar-refractivity contribution in [2.45, 2.75) is 80.1 Å². The highest BCUT2D eigenvalue weighted by atomic mass is 35.5. The average Bonchev–Trinajstić information content (AvgIpc) is 3.60.